The average Bonchev–Trinajstić information content (AvgIpc) is 2.18. The number of hydrogen-bond donors (Lipinski definition) is 0. The topological polar surface area (TPSA) is 12.4 Å². The van der Waals surface area contributed by atoms with E-state index >= 15 is 0 Å². The van der Waals surface area contributed by atoms with E-state index in [9.17, 15) is 0 Å². The first-order valence-corrected chi connectivity index (χ1v) is 6.52. The summed E-state index contributed by atoms with van der Waals surface area (Å²) in [5, 5.41) is 0. The zero-order valence-corrected chi connectivity index (χ0v) is 12.8. The van der Waals surface area contributed by atoms with E-state index in [2.05, 4.69) is 59.5 Å². The van der Waals surface area contributed by atoms with Crippen molar-refractivity contribution in [1.82, 2.24) is 0 Å². The number of aliphatic imine (C=N–C) groups is 1. The van der Waals surface area contributed by atoms with Crippen molar-refractivity contribution < 1.29 is 0 Å². The molecule has 0 aromatic carbocycles. The Morgan fingerprint density at radius 2 is 1.62 bits per heavy atom. The van der Waals surface area contributed by atoms with E-state index in [0.29, 0.717) is 5.92 Å². The first kappa shape index (κ1) is 17.8. The van der Waals surface area contributed by atoms with Crippen LogP contribution in [0.1, 0.15) is 62.3 Å². The van der Waals surface area contributed by atoms with Crippen LogP contribution in [0.2, 0.25) is 0 Å². The van der Waals surface area contributed by atoms with E-state index in [-0.39, 0.29) is 5.41 Å². The fourth-order valence-electron chi connectivity index (χ4n) is 1.05. The third-order valence-electron chi connectivity index (χ3n) is 2.37. The summed E-state index contributed by atoms with van der Waals surface area (Å²) in [6.45, 7) is 20.2. The minimum atomic E-state index is 0.159. The summed E-state index contributed by atoms with van der Waals surface area (Å²) < 4.78 is 0. The molecule has 1 heteroatoms. The van der Waals surface area contributed by atoms with E-state index in [1.54, 1.807) is 0 Å². The fraction of sp³-hybridized carbons (Fsp3) is 0.800. The predicted octanol–water partition coefficient (Wildman–Crippen LogP) is 5.12. The van der Waals surface area contributed by atoms with Gasteiger partial charge in [-0.2, -0.15) is 0 Å². The molecule has 0 aliphatic heterocycles. The quantitative estimate of drug-likeness (QED) is 0.591. The fourth-order valence-corrected chi connectivity index (χ4v) is 1.05. The standard InChI is InChI=1S/C13H25N.C2H6/c1-8-14-12(13(5,6)7)9-11(4)10(2)3;1-2/h9-10H,8H2,1-7H3;1-2H3/b11-9+,14-12?;. The molecular weight excluding hydrogens is 194 g/mol. The smallest absolute Gasteiger partial charge is 0.0401 e. The molecule has 0 aliphatic carbocycles. The predicted molar refractivity (Wildman–Crippen MR) is 77.4 cm³/mol. The molecule has 0 heterocycles. The molecule has 0 aromatic heterocycles. The largest absolute Gasteiger partial charge is 0.290 e. The van der Waals surface area contributed by atoms with Crippen molar-refractivity contribution in [3.05, 3.63) is 11.6 Å². The molecule has 0 spiro atoms. The van der Waals surface area contributed by atoms with Gasteiger partial charge in [0, 0.05) is 17.7 Å². The van der Waals surface area contributed by atoms with Crippen LogP contribution >= 0.6 is 0 Å². The van der Waals surface area contributed by atoms with Crippen LogP contribution in [-0.2, 0) is 0 Å². The molecule has 1 nitrogen and oxygen atoms in total. The minimum Gasteiger partial charge on any atom is -0.290 e. The van der Waals surface area contributed by atoms with Gasteiger partial charge in [0.15, 0.2) is 0 Å². The molecule has 0 aliphatic rings. The molecule has 0 amide bonds. The molecule has 0 saturated heterocycles. The van der Waals surface area contributed by atoms with Gasteiger partial charge in [0.25, 0.3) is 0 Å². The van der Waals surface area contributed by atoms with Crippen LogP contribution in [0.25, 0.3) is 0 Å². The van der Waals surface area contributed by atoms with Crippen molar-refractivity contribution in [2.45, 2.75) is 62.3 Å². The van der Waals surface area contributed by atoms with Crippen molar-refractivity contribution in [3.8, 4) is 0 Å². The van der Waals surface area contributed by atoms with Gasteiger partial charge in [-0.1, -0.05) is 54.0 Å². The maximum absolute atomic E-state index is 4.56. The molecule has 0 atom stereocenters. The lowest BCUT2D eigenvalue weighted by Crippen LogP contribution is -2.19. The highest BCUT2D eigenvalue weighted by atomic mass is 14.7. The first-order valence-electron chi connectivity index (χ1n) is 6.52. The van der Waals surface area contributed by atoms with Crippen molar-refractivity contribution in [2.24, 2.45) is 16.3 Å². The van der Waals surface area contributed by atoms with Crippen LogP contribution in [0.15, 0.2) is 16.6 Å². The zero-order valence-electron chi connectivity index (χ0n) is 12.8. The van der Waals surface area contributed by atoms with Crippen molar-refractivity contribution in [1.29, 1.82) is 0 Å². The minimum absolute atomic E-state index is 0.159. The Bertz CT molecular complexity index is 226. The van der Waals surface area contributed by atoms with Gasteiger partial charge in [0.1, 0.15) is 0 Å². The highest BCUT2D eigenvalue weighted by molar-refractivity contribution is 5.99. The molecular formula is C15H31N. The van der Waals surface area contributed by atoms with Gasteiger partial charge in [0.2, 0.25) is 0 Å². The molecule has 0 radical (unpaired) electrons. The van der Waals surface area contributed by atoms with Gasteiger partial charge in [-0.25, -0.2) is 0 Å². The van der Waals surface area contributed by atoms with E-state index < -0.39 is 0 Å². The molecule has 96 valence electrons. The van der Waals surface area contributed by atoms with Gasteiger partial charge in [-0.3, -0.25) is 4.99 Å². The molecule has 0 fully saturated rings. The monoisotopic (exact) mass is 225 g/mol. The highest BCUT2D eigenvalue weighted by Gasteiger charge is 2.16. The van der Waals surface area contributed by atoms with Gasteiger partial charge >= 0.3 is 0 Å². The third-order valence-corrected chi connectivity index (χ3v) is 2.37. The molecule has 16 heavy (non-hydrogen) atoms. The Hall–Kier alpha value is -0.590. The van der Waals surface area contributed by atoms with E-state index in [1.807, 2.05) is 13.8 Å². The van der Waals surface area contributed by atoms with Gasteiger partial charge in [-0.15, -0.1) is 0 Å². The van der Waals surface area contributed by atoms with Crippen molar-refractivity contribution in [2.75, 3.05) is 6.54 Å². The lowest BCUT2D eigenvalue weighted by molar-refractivity contribution is 0.590. The van der Waals surface area contributed by atoms with Gasteiger partial charge in [0.05, 0.1) is 0 Å². The summed E-state index contributed by atoms with van der Waals surface area (Å²) in [6.07, 6.45) is 2.24. The summed E-state index contributed by atoms with van der Waals surface area (Å²) >= 11 is 0. The van der Waals surface area contributed by atoms with E-state index in [1.165, 1.54) is 11.3 Å². The summed E-state index contributed by atoms with van der Waals surface area (Å²) in [7, 11) is 0. The van der Waals surface area contributed by atoms with E-state index in [0.717, 1.165) is 6.54 Å². The maximum atomic E-state index is 4.56. The molecule has 0 aromatic rings. The molecule has 0 rings (SSSR count). The lowest BCUT2D eigenvalue weighted by atomic mass is 9.87. The highest BCUT2D eigenvalue weighted by Crippen LogP contribution is 2.20. The zero-order chi connectivity index (χ0) is 13.4. The van der Waals surface area contributed by atoms with E-state index in [4.69, 9.17) is 0 Å². The maximum Gasteiger partial charge on any atom is 0.0401 e. The Labute approximate surface area is 103 Å². The summed E-state index contributed by atoms with van der Waals surface area (Å²) in [6, 6.07) is 0. The Morgan fingerprint density at radius 3 is 1.88 bits per heavy atom. The third kappa shape index (κ3) is 7.67. The SMILES string of the molecule is CC.CCN=C(/C=C(\C)C(C)C)C(C)(C)C. The van der Waals surface area contributed by atoms with Gasteiger partial charge in [-0.05, 0) is 25.8 Å². The molecule has 0 bridgehead atoms. The molecule has 0 N–H and O–H groups in total. The van der Waals surface area contributed by atoms with Crippen LogP contribution in [0.5, 0.6) is 0 Å². The second kappa shape index (κ2) is 8.55. The summed E-state index contributed by atoms with van der Waals surface area (Å²) in [5.41, 5.74) is 2.78. The lowest BCUT2D eigenvalue weighted by Gasteiger charge is -2.20. The Kier molecular flexibility index (Phi) is 9.51. The Morgan fingerprint density at radius 1 is 1.19 bits per heavy atom. The van der Waals surface area contributed by atoms with Crippen molar-refractivity contribution >= 4 is 5.71 Å². The molecule has 0 unspecified atom stereocenters. The number of rotatable bonds is 3. The number of hydrogen-bond acceptors (Lipinski definition) is 1. The second-order valence-electron chi connectivity index (χ2n) is 5.15. The normalized spacial score (nSPS) is 13.6. The average molecular weight is 225 g/mol. The van der Waals surface area contributed by atoms with Gasteiger partial charge < -0.3 is 0 Å². The van der Waals surface area contributed by atoms with Crippen LogP contribution in [-0.4, -0.2) is 12.3 Å². The molecule has 0 saturated carbocycles. The second-order valence-corrected chi connectivity index (χ2v) is 5.15. The van der Waals surface area contributed by atoms with Crippen LogP contribution in [0.3, 0.4) is 0 Å². The summed E-state index contributed by atoms with van der Waals surface area (Å²) in [5.74, 6) is 0.611. The van der Waals surface area contributed by atoms with Crippen LogP contribution in [0.4, 0.5) is 0 Å². The van der Waals surface area contributed by atoms with Crippen LogP contribution in [0, 0.1) is 11.3 Å². The number of nitrogens with zero attached hydrogens (tertiary/aromatic N) is 1. The first-order chi connectivity index (χ1) is 7.29. The Balaban J connectivity index is 0. The van der Waals surface area contributed by atoms with Crippen LogP contribution < -0.4 is 0 Å². The van der Waals surface area contributed by atoms with Crippen molar-refractivity contribution in [3.63, 3.8) is 0 Å². The summed E-state index contributed by atoms with van der Waals surface area (Å²) in [4.78, 5) is 4.56. The number of allylic oxidation sites excluding steroid dienone is 2.